The van der Waals surface area contributed by atoms with Crippen molar-refractivity contribution < 1.29 is 19.8 Å². The van der Waals surface area contributed by atoms with Gasteiger partial charge in [-0.1, -0.05) is 0 Å². The Kier molecular flexibility index (Phi) is 2.06. The lowest BCUT2D eigenvalue weighted by Gasteiger charge is -2.25. The highest BCUT2D eigenvalue weighted by molar-refractivity contribution is 5.99. The third-order valence-corrected chi connectivity index (χ3v) is 1.40. The van der Waals surface area contributed by atoms with Crippen LogP contribution in [0.2, 0.25) is 0 Å². The van der Waals surface area contributed by atoms with Gasteiger partial charge in [-0.25, -0.2) is 4.79 Å². The van der Waals surface area contributed by atoms with E-state index >= 15 is 0 Å². The van der Waals surface area contributed by atoms with Crippen molar-refractivity contribution in [1.82, 2.24) is 10.6 Å². The molecule has 1 heterocycles. The van der Waals surface area contributed by atoms with Gasteiger partial charge in [-0.05, 0) is 0 Å². The van der Waals surface area contributed by atoms with Gasteiger partial charge in [0.15, 0.2) is 6.10 Å². The second-order valence-corrected chi connectivity index (χ2v) is 2.20. The molecule has 0 aromatic heterocycles. The maximum Gasteiger partial charge on any atom is 0.321 e. The normalized spacial score (nSPS) is 31.1. The van der Waals surface area contributed by atoms with Crippen LogP contribution in [0.25, 0.3) is 0 Å². The van der Waals surface area contributed by atoms with Gasteiger partial charge in [-0.3, -0.25) is 10.1 Å². The number of rotatable bonds is 1. The van der Waals surface area contributed by atoms with Crippen molar-refractivity contribution in [3.63, 3.8) is 0 Å². The van der Waals surface area contributed by atoms with Crippen LogP contribution in [-0.2, 0) is 4.79 Å². The van der Waals surface area contributed by atoms with E-state index in [-0.39, 0.29) is 0 Å². The SMILES string of the molecule is O=C1NC(=O)C(O)C(CO)N1. The van der Waals surface area contributed by atoms with E-state index in [0.29, 0.717) is 0 Å². The molecule has 0 aliphatic carbocycles. The van der Waals surface area contributed by atoms with Crippen molar-refractivity contribution in [1.29, 1.82) is 0 Å². The Hall–Kier alpha value is -1.14. The van der Waals surface area contributed by atoms with Crippen LogP contribution in [-0.4, -0.2) is 40.9 Å². The van der Waals surface area contributed by atoms with Crippen molar-refractivity contribution in [2.45, 2.75) is 12.1 Å². The van der Waals surface area contributed by atoms with Crippen LogP contribution in [0.5, 0.6) is 0 Å². The van der Waals surface area contributed by atoms with Crippen molar-refractivity contribution in [3.8, 4) is 0 Å². The van der Waals surface area contributed by atoms with Crippen LogP contribution in [0, 0.1) is 0 Å². The summed E-state index contributed by atoms with van der Waals surface area (Å²) in [6.07, 6.45) is -1.36. The molecule has 6 nitrogen and oxygen atoms in total. The Morgan fingerprint density at radius 3 is 2.64 bits per heavy atom. The number of carbonyl (C=O) groups is 2. The van der Waals surface area contributed by atoms with Gasteiger partial charge in [0, 0.05) is 0 Å². The lowest BCUT2D eigenvalue weighted by Crippen LogP contribution is -2.62. The molecular formula is C5H8N2O4. The summed E-state index contributed by atoms with van der Waals surface area (Å²) in [4.78, 5) is 21.2. The molecule has 11 heavy (non-hydrogen) atoms. The Labute approximate surface area is 62.2 Å². The first kappa shape index (κ1) is 7.96. The van der Waals surface area contributed by atoms with Crippen LogP contribution in [0.1, 0.15) is 0 Å². The van der Waals surface area contributed by atoms with Crippen LogP contribution in [0.3, 0.4) is 0 Å². The smallest absolute Gasteiger partial charge is 0.321 e. The number of carbonyl (C=O) groups excluding carboxylic acids is 2. The topological polar surface area (TPSA) is 98.7 Å². The van der Waals surface area contributed by atoms with Gasteiger partial charge in [0.05, 0.1) is 12.6 Å². The fourth-order valence-corrected chi connectivity index (χ4v) is 0.797. The zero-order valence-corrected chi connectivity index (χ0v) is 5.57. The maximum atomic E-state index is 10.6. The minimum atomic E-state index is -1.36. The van der Waals surface area contributed by atoms with E-state index in [1.165, 1.54) is 0 Å². The summed E-state index contributed by atoms with van der Waals surface area (Å²) in [7, 11) is 0. The van der Waals surface area contributed by atoms with Gasteiger partial charge in [0.25, 0.3) is 5.91 Å². The summed E-state index contributed by atoms with van der Waals surface area (Å²) < 4.78 is 0. The van der Waals surface area contributed by atoms with Crippen LogP contribution in [0.15, 0.2) is 0 Å². The number of amides is 3. The van der Waals surface area contributed by atoms with E-state index < -0.39 is 30.7 Å². The molecule has 0 saturated carbocycles. The number of urea groups is 1. The highest BCUT2D eigenvalue weighted by Crippen LogP contribution is 1.97. The predicted octanol–water partition coefficient (Wildman–Crippen LogP) is -2.45. The van der Waals surface area contributed by atoms with Gasteiger partial charge < -0.3 is 15.5 Å². The molecule has 4 N–H and O–H groups in total. The minimum Gasteiger partial charge on any atom is -0.394 e. The Balaban J connectivity index is 2.66. The lowest BCUT2D eigenvalue weighted by molar-refractivity contribution is -0.131. The summed E-state index contributed by atoms with van der Waals surface area (Å²) >= 11 is 0. The highest BCUT2D eigenvalue weighted by atomic mass is 16.3. The van der Waals surface area contributed by atoms with Gasteiger partial charge in [-0.2, -0.15) is 0 Å². The molecule has 0 aromatic carbocycles. The van der Waals surface area contributed by atoms with Crippen molar-refractivity contribution in [2.75, 3.05) is 6.61 Å². The van der Waals surface area contributed by atoms with Crippen molar-refractivity contribution in [2.24, 2.45) is 0 Å². The molecule has 6 heteroatoms. The molecule has 62 valence electrons. The number of imide groups is 1. The molecule has 1 aliphatic heterocycles. The van der Waals surface area contributed by atoms with E-state index in [9.17, 15) is 9.59 Å². The van der Waals surface area contributed by atoms with Crippen molar-refractivity contribution >= 4 is 11.9 Å². The Morgan fingerprint density at radius 2 is 2.09 bits per heavy atom. The molecule has 0 aromatic rings. The zero-order chi connectivity index (χ0) is 8.43. The first-order chi connectivity index (χ1) is 5.15. The number of aliphatic hydroxyl groups excluding tert-OH is 2. The zero-order valence-electron chi connectivity index (χ0n) is 5.57. The summed E-state index contributed by atoms with van der Waals surface area (Å²) in [6.45, 7) is -0.458. The number of nitrogens with one attached hydrogen (secondary N) is 2. The number of aliphatic hydroxyl groups is 2. The molecule has 0 spiro atoms. The molecule has 0 bridgehead atoms. The summed E-state index contributed by atoms with van der Waals surface area (Å²) in [6, 6.07) is -1.59. The third kappa shape index (κ3) is 1.47. The molecule has 1 rings (SSSR count). The lowest BCUT2D eigenvalue weighted by atomic mass is 10.1. The second-order valence-electron chi connectivity index (χ2n) is 2.20. The maximum absolute atomic E-state index is 10.6. The average Bonchev–Trinajstić information content (AvgIpc) is 1.96. The number of hydrogen-bond donors (Lipinski definition) is 4. The van der Waals surface area contributed by atoms with Crippen molar-refractivity contribution in [3.05, 3.63) is 0 Å². The molecule has 2 unspecified atom stereocenters. The molecule has 3 amide bonds. The van der Waals surface area contributed by atoms with Crippen LogP contribution < -0.4 is 10.6 Å². The first-order valence-corrected chi connectivity index (χ1v) is 3.05. The van der Waals surface area contributed by atoms with E-state index in [0.717, 1.165) is 0 Å². The van der Waals surface area contributed by atoms with Gasteiger partial charge in [0.2, 0.25) is 0 Å². The summed E-state index contributed by atoms with van der Waals surface area (Å²) in [5, 5.41) is 21.5. The van der Waals surface area contributed by atoms with E-state index in [2.05, 4.69) is 5.32 Å². The second kappa shape index (κ2) is 2.85. The monoisotopic (exact) mass is 160 g/mol. The molecule has 1 saturated heterocycles. The average molecular weight is 160 g/mol. The fraction of sp³-hybridized carbons (Fsp3) is 0.600. The van der Waals surface area contributed by atoms with Gasteiger partial charge >= 0.3 is 6.03 Å². The highest BCUT2D eigenvalue weighted by Gasteiger charge is 2.32. The molecule has 0 radical (unpaired) electrons. The van der Waals surface area contributed by atoms with Crippen LogP contribution >= 0.6 is 0 Å². The minimum absolute atomic E-state index is 0.458. The van der Waals surface area contributed by atoms with E-state index in [1.54, 1.807) is 0 Å². The molecular weight excluding hydrogens is 152 g/mol. The molecule has 2 atom stereocenters. The third-order valence-electron chi connectivity index (χ3n) is 1.40. The Morgan fingerprint density at radius 1 is 1.45 bits per heavy atom. The Bertz CT molecular complexity index is 193. The largest absolute Gasteiger partial charge is 0.394 e. The van der Waals surface area contributed by atoms with E-state index in [1.807, 2.05) is 5.32 Å². The number of hydrogen-bond acceptors (Lipinski definition) is 4. The predicted molar refractivity (Wildman–Crippen MR) is 33.6 cm³/mol. The summed E-state index contributed by atoms with van der Waals surface area (Å²) in [5.74, 6) is -0.784. The standard InChI is InChI=1S/C5H8N2O4/c8-1-2-3(9)4(10)7-5(11)6-2/h2-3,8-9H,1H2,(H2,6,7,10,11). The first-order valence-electron chi connectivity index (χ1n) is 3.05. The van der Waals surface area contributed by atoms with Gasteiger partial charge in [-0.15, -0.1) is 0 Å². The molecule has 1 fully saturated rings. The fourth-order valence-electron chi connectivity index (χ4n) is 0.797. The summed E-state index contributed by atoms with van der Waals surface area (Å²) in [5.41, 5.74) is 0. The van der Waals surface area contributed by atoms with Crippen LogP contribution in [0.4, 0.5) is 4.79 Å². The van der Waals surface area contributed by atoms with E-state index in [4.69, 9.17) is 10.2 Å². The quantitative estimate of drug-likeness (QED) is 0.342. The van der Waals surface area contributed by atoms with Gasteiger partial charge in [0.1, 0.15) is 0 Å². The molecule has 1 aliphatic rings.